The van der Waals surface area contributed by atoms with Crippen molar-refractivity contribution in [2.24, 2.45) is 0 Å². The van der Waals surface area contributed by atoms with Gasteiger partial charge in [-0.25, -0.2) is 4.98 Å². The second-order valence-corrected chi connectivity index (χ2v) is 7.03. The van der Waals surface area contributed by atoms with E-state index in [1.165, 1.54) is 0 Å². The molecule has 1 rings (SSSR count). The summed E-state index contributed by atoms with van der Waals surface area (Å²) in [6.45, 7) is 8.86. The van der Waals surface area contributed by atoms with E-state index in [2.05, 4.69) is 31.1 Å². The summed E-state index contributed by atoms with van der Waals surface area (Å²) in [5, 5.41) is 6.02. The summed E-state index contributed by atoms with van der Waals surface area (Å²) in [5.41, 5.74) is 1.03. The van der Waals surface area contributed by atoms with Crippen LogP contribution in [-0.2, 0) is 16.8 Å². The van der Waals surface area contributed by atoms with Crippen LogP contribution in [0.2, 0.25) is 0 Å². The molecule has 1 aromatic heterocycles. The van der Waals surface area contributed by atoms with Gasteiger partial charge in [-0.1, -0.05) is 20.8 Å². The van der Waals surface area contributed by atoms with Crippen LogP contribution >= 0.6 is 23.1 Å². The van der Waals surface area contributed by atoms with Crippen molar-refractivity contribution in [3.8, 4) is 0 Å². The van der Waals surface area contributed by atoms with Crippen molar-refractivity contribution in [2.75, 3.05) is 6.26 Å². The van der Waals surface area contributed by atoms with Gasteiger partial charge in [0.25, 0.3) is 0 Å². The van der Waals surface area contributed by atoms with Crippen LogP contribution in [0.3, 0.4) is 0 Å². The molecule has 0 spiro atoms. The lowest BCUT2D eigenvalue weighted by atomic mass is 9.98. The Morgan fingerprint density at radius 1 is 1.59 bits per heavy atom. The summed E-state index contributed by atoms with van der Waals surface area (Å²) >= 11 is 3.20. The monoisotopic (exact) mass is 272 g/mol. The molecule has 0 bridgehead atoms. The van der Waals surface area contributed by atoms with Gasteiger partial charge in [0.15, 0.2) is 0 Å². The van der Waals surface area contributed by atoms with Gasteiger partial charge in [-0.3, -0.25) is 4.79 Å². The van der Waals surface area contributed by atoms with Crippen LogP contribution in [0.4, 0.5) is 0 Å². The van der Waals surface area contributed by atoms with Crippen molar-refractivity contribution < 1.29 is 4.79 Å². The number of nitrogens with one attached hydrogen (secondary N) is 1. The first-order chi connectivity index (χ1) is 7.84. The Kier molecular flexibility index (Phi) is 5.01. The van der Waals surface area contributed by atoms with Gasteiger partial charge in [0.2, 0.25) is 5.91 Å². The molecule has 0 aliphatic rings. The van der Waals surface area contributed by atoms with Crippen molar-refractivity contribution in [1.82, 2.24) is 10.3 Å². The Labute approximate surface area is 111 Å². The van der Waals surface area contributed by atoms with Crippen LogP contribution in [-0.4, -0.2) is 22.4 Å². The van der Waals surface area contributed by atoms with Gasteiger partial charge in [0.05, 0.1) is 22.5 Å². The predicted molar refractivity (Wildman–Crippen MR) is 75.6 cm³/mol. The highest BCUT2D eigenvalue weighted by atomic mass is 32.2. The summed E-state index contributed by atoms with van der Waals surface area (Å²) in [6, 6.07) is 0. The largest absolute Gasteiger partial charge is 0.349 e. The molecule has 96 valence electrons. The van der Waals surface area contributed by atoms with Crippen LogP contribution in [0.15, 0.2) is 5.38 Å². The number of thioether (sulfide) groups is 1. The maximum atomic E-state index is 11.6. The molecule has 5 heteroatoms. The summed E-state index contributed by atoms with van der Waals surface area (Å²) in [7, 11) is 0. The number of hydrogen-bond donors (Lipinski definition) is 1. The van der Waals surface area contributed by atoms with Gasteiger partial charge >= 0.3 is 0 Å². The van der Waals surface area contributed by atoms with E-state index in [9.17, 15) is 4.79 Å². The Bertz CT molecular complexity index is 382. The number of hydrogen-bond acceptors (Lipinski definition) is 4. The van der Waals surface area contributed by atoms with Crippen molar-refractivity contribution >= 4 is 29.0 Å². The SMILES string of the molecule is CSC(C)C(=O)NCc1csc(C(C)(C)C)n1. The minimum Gasteiger partial charge on any atom is -0.349 e. The molecule has 1 atom stereocenters. The van der Waals surface area contributed by atoms with Gasteiger partial charge in [0, 0.05) is 10.8 Å². The standard InChI is InChI=1S/C12H20N2OS2/c1-8(16-5)10(15)13-6-9-7-17-11(14-9)12(2,3)4/h7-8H,6H2,1-5H3,(H,13,15). The molecule has 17 heavy (non-hydrogen) atoms. The first kappa shape index (κ1) is 14.5. The lowest BCUT2D eigenvalue weighted by molar-refractivity contribution is -0.120. The average molecular weight is 272 g/mol. The van der Waals surface area contributed by atoms with Gasteiger partial charge in [-0.05, 0) is 13.2 Å². The van der Waals surface area contributed by atoms with E-state index in [-0.39, 0.29) is 16.6 Å². The molecular weight excluding hydrogens is 252 g/mol. The van der Waals surface area contributed by atoms with E-state index in [4.69, 9.17) is 0 Å². The van der Waals surface area contributed by atoms with E-state index in [1.54, 1.807) is 23.1 Å². The van der Waals surface area contributed by atoms with E-state index in [0.29, 0.717) is 6.54 Å². The maximum absolute atomic E-state index is 11.6. The molecule has 0 aromatic carbocycles. The van der Waals surface area contributed by atoms with Gasteiger partial charge in [-0.15, -0.1) is 11.3 Å². The Hall–Kier alpha value is -0.550. The zero-order chi connectivity index (χ0) is 13.1. The van der Waals surface area contributed by atoms with Crippen molar-refractivity contribution in [3.05, 3.63) is 16.1 Å². The molecule has 3 nitrogen and oxygen atoms in total. The van der Waals surface area contributed by atoms with Gasteiger partial charge in [-0.2, -0.15) is 11.8 Å². The smallest absolute Gasteiger partial charge is 0.233 e. The summed E-state index contributed by atoms with van der Waals surface area (Å²) < 4.78 is 0. The second-order valence-electron chi connectivity index (χ2n) is 4.99. The number of carbonyl (C=O) groups is 1. The molecule has 0 saturated carbocycles. The molecule has 0 radical (unpaired) electrons. The lowest BCUT2D eigenvalue weighted by Crippen LogP contribution is -2.30. The molecule has 0 saturated heterocycles. The Morgan fingerprint density at radius 2 is 2.24 bits per heavy atom. The zero-order valence-electron chi connectivity index (χ0n) is 11.0. The highest BCUT2D eigenvalue weighted by molar-refractivity contribution is 7.99. The maximum Gasteiger partial charge on any atom is 0.233 e. The average Bonchev–Trinajstić information content (AvgIpc) is 2.72. The predicted octanol–water partition coefficient (Wildman–Crippen LogP) is 2.81. The first-order valence-corrected chi connectivity index (χ1v) is 7.76. The normalized spacial score (nSPS) is 13.5. The molecule has 1 amide bonds. The fraction of sp³-hybridized carbons (Fsp3) is 0.667. The number of amides is 1. The van der Waals surface area contributed by atoms with Gasteiger partial charge < -0.3 is 5.32 Å². The summed E-state index contributed by atoms with van der Waals surface area (Å²) in [6.07, 6.45) is 1.94. The van der Waals surface area contributed by atoms with Crippen molar-refractivity contribution in [1.29, 1.82) is 0 Å². The number of aromatic nitrogens is 1. The van der Waals surface area contributed by atoms with E-state index >= 15 is 0 Å². The second kappa shape index (κ2) is 5.87. The van der Waals surface area contributed by atoms with Crippen LogP contribution in [0, 0.1) is 0 Å². The topological polar surface area (TPSA) is 42.0 Å². The quantitative estimate of drug-likeness (QED) is 0.916. The zero-order valence-corrected chi connectivity index (χ0v) is 12.7. The molecule has 0 aliphatic heterocycles. The molecule has 1 aromatic rings. The Morgan fingerprint density at radius 3 is 2.71 bits per heavy atom. The van der Waals surface area contributed by atoms with Crippen molar-refractivity contribution in [2.45, 2.75) is 44.9 Å². The van der Waals surface area contributed by atoms with Crippen LogP contribution < -0.4 is 5.32 Å². The summed E-state index contributed by atoms with van der Waals surface area (Å²) in [5.74, 6) is 0.0720. The molecule has 0 fully saturated rings. The van der Waals surface area contributed by atoms with E-state index in [0.717, 1.165) is 10.7 Å². The fourth-order valence-corrected chi connectivity index (χ4v) is 2.37. The highest BCUT2D eigenvalue weighted by Crippen LogP contribution is 2.25. The third-order valence-electron chi connectivity index (χ3n) is 2.36. The summed E-state index contributed by atoms with van der Waals surface area (Å²) in [4.78, 5) is 16.1. The number of rotatable bonds is 4. The number of carbonyl (C=O) groups excluding carboxylic acids is 1. The number of nitrogens with zero attached hydrogens (tertiary/aromatic N) is 1. The van der Waals surface area contributed by atoms with Crippen LogP contribution in [0.1, 0.15) is 38.4 Å². The van der Waals surface area contributed by atoms with Gasteiger partial charge in [0.1, 0.15) is 0 Å². The third-order valence-corrected chi connectivity index (χ3v) is 4.60. The lowest BCUT2D eigenvalue weighted by Gasteiger charge is -2.13. The van der Waals surface area contributed by atoms with Crippen molar-refractivity contribution in [3.63, 3.8) is 0 Å². The molecular formula is C12H20N2OS2. The minimum atomic E-state index is -0.00396. The fourth-order valence-electron chi connectivity index (χ4n) is 1.16. The molecule has 1 heterocycles. The van der Waals surface area contributed by atoms with E-state index < -0.39 is 0 Å². The minimum absolute atomic E-state index is 0.00396. The third kappa shape index (κ3) is 4.32. The molecule has 1 unspecified atom stereocenters. The van der Waals surface area contributed by atoms with E-state index in [1.807, 2.05) is 18.6 Å². The Balaban J connectivity index is 2.54. The molecule has 1 N–H and O–H groups in total. The highest BCUT2D eigenvalue weighted by Gasteiger charge is 2.18. The number of thiazole rings is 1. The molecule has 0 aliphatic carbocycles. The van der Waals surface area contributed by atoms with Crippen LogP contribution in [0.25, 0.3) is 0 Å². The van der Waals surface area contributed by atoms with Crippen LogP contribution in [0.5, 0.6) is 0 Å². The first-order valence-electron chi connectivity index (χ1n) is 5.60.